The molecule has 0 radical (unpaired) electrons. The fourth-order valence-corrected chi connectivity index (χ4v) is 8.09. The Kier molecular flexibility index (Phi) is 7.19. The minimum Gasteiger partial charge on any atom is -0.379 e. The number of imide groups is 1. The molecule has 0 unspecified atom stereocenters. The van der Waals surface area contributed by atoms with Crippen molar-refractivity contribution < 1.29 is 14.3 Å². The standard InChI is InChI=1S/C35H43N5O3/c1-24-9-10-26(19-25(24)2)21-38-22-27-20-32(30-11-12-31(36(3)4)29-8-6-5-7-28(29)30)40-34(42)39(33(41)35(27,40)23-38)14-13-37-15-17-43-18-16-37/h5-12,19,27,32H,13-18,20-23H2,1-4H3/t27-,32-,35+/m1/s1. The molecule has 3 aromatic rings. The minimum atomic E-state index is -0.826. The summed E-state index contributed by atoms with van der Waals surface area (Å²) in [5.41, 5.74) is 5.30. The molecule has 43 heavy (non-hydrogen) atoms. The van der Waals surface area contributed by atoms with Crippen LogP contribution in [0.1, 0.15) is 34.7 Å². The molecule has 0 bridgehead atoms. The highest BCUT2D eigenvalue weighted by atomic mass is 16.5. The highest BCUT2D eigenvalue weighted by Crippen LogP contribution is 2.56. The van der Waals surface area contributed by atoms with E-state index in [1.807, 2.05) is 4.90 Å². The highest BCUT2D eigenvalue weighted by molar-refractivity contribution is 6.09. The van der Waals surface area contributed by atoms with Crippen LogP contribution in [0.25, 0.3) is 10.8 Å². The number of urea groups is 1. The maximum absolute atomic E-state index is 14.5. The lowest BCUT2D eigenvalue weighted by Gasteiger charge is -2.32. The van der Waals surface area contributed by atoms with Crippen LogP contribution in [0.15, 0.2) is 54.6 Å². The van der Waals surface area contributed by atoms with E-state index in [4.69, 9.17) is 4.74 Å². The third kappa shape index (κ3) is 4.62. The number of nitrogens with zero attached hydrogens (tertiary/aromatic N) is 5. The van der Waals surface area contributed by atoms with Crippen LogP contribution in [-0.2, 0) is 16.1 Å². The van der Waals surface area contributed by atoms with Gasteiger partial charge in [-0.05, 0) is 54.0 Å². The lowest BCUT2D eigenvalue weighted by Crippen LogP contribution is -2.51. The smallest absolute Gasteiger partial charge is 0.328 e. The summed E-state index contributed by atoms with van der Waals surface area (Å²) in [4.78, 5) is 39.4. The maximum atomic E-state index is 14.5. The molecule has 4 aliphatic heterocycles. The number of hydrogen-bond donors (Lipinski definition) is 0. The summed E-state index contributed by atoms with van der Waals surface area (Å²) in [6.45, 7) is 10.6. The number of aryl methyl sites for hydroxylation is 2. The summed E-state index contributed by atoms with van der Waals surface area (Å²) >= 11 is 0. The zero-order valence-corrected chi connectivity index (χ0v) is 25.9. The van der Waals surface area contributed by atoms with Gasteiger partial charge in [-0.15, -0.1) is 0 Å². The molecule has 0 aliphatic carbocycles. The topological polar surface area (TPSA) is 59.6 Å². The molecule has 3 aromatic carbocycles. The second-order valence-corrected chi connectivity index (χ2v) is 13.1. The second kappa shape index (κ2) is 10.9. The number of carbonyl (C=O) groups is 2. The van der Waals surface area contributed by atoms with E-state index in [0.717, 1.165) is 49.2 Å². The number of amides is 3. The van der Waals surface area contributed by atoms with Crippen LogP contribution in [-0.4, -0.2) is 104 Å². The number of carbonyl (C=O) groups excluding carboxylic acids is 2. The minimum absolute atomic E-state index is 0.00457. The van der Waals surface area contributed by atoms with E-state index in [1.54, 1.807) is 4.90 Å². The van der Waals surface area contributed by atoms with E-state index in [1.165, 1.54) is 22.1 Å². The molecular weight excluding hydrogens is 538 g/mol. The number of benzene rings is 3. The molecule has 4 heterocycles. The Hall–Kier alpha value is -3.46. The normalized spacial score (nSPS) is 26.0. The van der Waals surface area contributed by atoms with Crippen LogP contribution >= 0.6 is 0 Å². The van der Waals surface area contributed by atoms with Crippen molar-refractivity contribution in [3.05, 3.63) is 76.9 Å². The van der Waals surface area contributed by atoms with Crippen LogP contribution < -0.4 is 4.90 Å². The molecule has 1 spiro atoms. The van der Waals surface area contributed by atoms with Gasteiger partial charge in [0.05, 0.1) is 19.3 Å². The van der Waals surface area contributed by atoms with Crippen molar-refractivity contribution in [2.75, 3.05) is 71.5 Å². The largest absolute Gasteiger partial charge is 0.379 e. The van der Waals surface area contributed by atoms with Crippen LogP contribution in [0.3, 0.4) is 0 Å². The Bertz CT molecular complexity index is 1570. The first kappa shape index (κ1) is 28.3. The lowest BCUT2D eigenvalue weighted by molar-refractivity contribution is -0.133. The fraction of sp³-hybridized carbons (Fsp3) is 0.486. The molecule has 8 heteroatoms. The summed E-state index contributed by atoms with van der Waals surface area (Å²) in [6.07, 6.45) is 0.795. The summed E-state index contributed by atoms with van der Waals surface area (Å²) < 4.78 is 5.52. The zero-order valence-electron chi connectivity index (χ0n) is 25.9. The summed E-state index contributed by atoms with van der Waals surface area (Å²) in [6, 6.07) is 19.2. The predicted octanol–water partition coefficient (Wildman–Crippen LogP) is 4.43. The number of rotatable bonds is 7. The van der Waals surface area contributed by atoms with Gasteiger partial charge < -0.3 is 14.5 Å². The number of hydrogen-bond acceptors (Lipinski definition) is 6. The van der Waals surface area contributed by atoms with Gasteiger partial charge in [-0.2, -0.15) is 0 Å². The molecule has 226 valence electrons. The van der Waals surface area contributed by atoms with Crippen LogP contribution in [0.4, 0.5) is 10.5 Å². The molecule has 8 nitrogen and oxygen atoms in total. The van der Waals surface area contributed by atoms with E-state index in [0.29, 0.717) is 32.8 Å². The molecule has 0 aromatic heterocycles. The maximum Gasteiger partial charge on any atom is 0.328 e. The summed E-state index contributed by atoms with van der Waals surface area (Å²) in [5.74, 6) is 0.0798. The van der Waals surface area contributed by atoms with Crippen molar-refractivity contribution in [3.63, 3.8) is 0 Å². The van der Waals surface area contributed by atoms with E-state index in [9.17, 15) is 9.59 Å². The van der Waals surface area contributed by atoms with Gasteiger partial charge in [0.15, 0.2) is 0 Å². The molecule has 0 saturated carbocycles. The Morgan fingerprint density at radius 3 is 2.42 bits per heavy atom. The average molecular weight is 582 g/mol. The van der Waals surface area contributed by atoms with E-state index in [2.05, 4.69) is 97.2 Å². The third-order valence-electron chi connectivity index (χ3n) is 10.4. The SMILES string of the molecule is Cc1ccc(CN2C[C@H]3C[C@H](c4ccc(N(C)C)c5ccccc45)N4C(=O)N(CCN5CCOCC5)C(=O)[C@]34C2)cc1C. The number of anilines is 1. The van der Waals surface area contributed by atoms with Gasteiger partial charge in [0.25, 0.3) is 5.91 Å². The van der Waals surface area contributed by atoms with Crippen molar-refractivity contribution in [3.8, 4) is 0 Å². The summed E-state index contributed by atoms with van der Waals surface area (Å²) in [5, 5.41) is 2.34. The first-order chi connectivity index (χ1) is 20.8. The molecule has 3 atom stereocenters. The van der Waals surface area contributed by atoms with Gasteiger partial charge in [0.1, 0.15) is 5.54 Å². The number of morpholine rings is 1. The van der Waals surface area contributed by atoms with Crippen molar-refractivity contribution in [1.82, 2.24) is 19.6 Å². The van der Waals surface area contributed by atoms with E-state index >= 15 is 0 Å². The molecule has 3 amide bonds. The Morgan fingerprint density at radius 2 is 1.67 bits per heavy atom. The average Bonchev–Trinajstić information content (AvgIpc) is 3.58. The number of fused-ring (bicyclic) bond motifs is 1. The molecule has 0 N–H and O–H groups in total. The van der Waals surface area contributed by atoms with E-state index < -0.39 is 5.54 Å². The quantitative estimate of drug-likeness (QED) is 0.385. The molecule has 7 rings (SSSR count). The molecule has 4 fully saturated rings. The van der Waals surface area contributed by atoms with Crippen LogP contribution in [0.2, 0.25) is 0 Å². The first-order valence-corrected chi connectivity index (χ1v) is 15.7. The van der Waals surface area contributed by atoms with Gasteiger partial charge in [0, 0.05) is 76.9 Å². The van der Waals surface area contributed by atoms with E-state index in [-0.39, 0.29) is 23.9 Å². The number of likely N-dealkylation sites (tertiary alicyclic amines) is 1. The van der Waals surface area contributed by atoms with Gasteiger partial charge in [-0.1, -0.05) is 48.5 Å². The molecule has 4 aliphatic rings. The van der Waals surface area contributed by atoms with Crippen molar-refractivity contribution in [2.24, 2.45) is 5.92 Å². The van der Waals surface area contributed by atoms with Crippen molar-refractivity contribution >= 4 is 28.4 Å². The molecular formula is C35H43N5O3. The van der Waals surface area contributed by atoms with Crippen LogP contribution in [0, 0.1) is 19.8 Å². The predicted molar refractivity (Wildman–Crippen MR) is 169 cm³/mol. The number of ether oxygens (including phenoxy) is 1. The highest BCUT2D eigenvalue weighted by Gasteiger charge is 2.70. The van der Waals surface area contributed by atoms with Crippen molar-refractivity contribution in [2.45, 2.75) is 38.4 Å². The van der Waals surface area contributed by atoms with Gasteiger partial charge in [-0.25, -0.2) is 4.79 Å². The zero-order chi connectivity index (χ0) is 29.9. The Labute approximate surface area is 254 Å². The monoisotopic (exact) mass is 581 g/mol. The Morgan fingerprint density at radius 1 is 0.907 bits per heavy atom. The van der Waals surface area contributed by atoms with Gasteiger partial charge >= 0.3 is 6.03 Å². The summed E-state index contributed by atoms with van der Waals surface area (Å²) in [7, 11) is 4.13. The van der Waals surface area contributed by atoms with Gasteiger partial charge in [-0.3, -0.25) is 19.5 Å². The molecule has 4 saturated heterocycles. The van der Waals surface area contributed by atoms with Gasteiger partial charge in [0.2, 0.25) is 0 Å². The van der Waals surface area contributed by atoms with Crippen molar-refractivity contribution in [1.29, 1.82) is 0 Å². The fourth-order valence-electron chi connectivity index (χ4n) is 8.09. The second-order valence-electron chi connectivity index (χ2n) is 13.1. The third-order valence-corrected chi connectivity index (χ3v) is 10.4. The first-order valence-electron chi connectivity index (χ1n) is 15.7. The lowest BCUT2D eigenvalue weighted by atomic mass is 9.87. The Balaban J connectivity index is 1.24. The van der Waals surface area contributed by atoms with Crippen LogP contribution in [0.5, 0.6) is 0 Å².